The molecule has 0 aliphatic heterocycles. The standard InChI is InChI=1S/C27H26ClN5O7S/c1-39-21-9-7-18(24(13-21)40-2)14-30-41(37,38)25-12-19(31-26(34)11-17-5-3-4-6-22(17)28)8-10-23(25)33-16-20(15-29-33)32-27(35)36/h3-10,12-13,15-16,30,32H,11,14H2,1-2H3,(H,31,34)(H,35,36). The van der Waals surface area contributed by atoms with Crippen LogP contribution in [0.5, 0.6) is 11.5 Å². The molecule has 3 aromatic carbocycles. The Hall–Kier alpha value is -4.59. The molecule has 214 valence electrons. The van der Waals surface area contributed by atoms with Crippen molar-refractivity contribution in [3.8, 4) is 17.2 Å². The Balaban J connectivity index is 1.66. The molecule has 4 aromatic rings. The largest absolute Gasteiger partial charge is 0.497 e. The first kappa shape index (κ1) is 29.4. The van der Waals surface area contributed by atoms with E-state index in [2.05, 4.69) is 20.5 Å². The van der Waals surface area contributed by atoms with Crippen LogP contribution in [0.25, 0.3) is 5.69 Å². The molecule has 1 aromatic heterocycles. The quantitative estimate of drug-likeness (QED) is 0.198. The molecule has 0 aliphatic rings. The van der Waals surface area contributed by atoms with E-state index in [0.717, 1.165) is 0 Å². The fourth-order valence-corrected chi connectivity index (χ4v) is 5.33. The molecule has 0 saturated carbocycles. The monoisotopic (exact) mass is 599 g/mol. The Labute approximate surface area is 240 Å². The van der Waals surface area contributed by atoms with Crippen LogP contribution in [0.2, 0.25) is 5.02 Å². The second kappa shape index (κ2) is 12.7. The molecule has 1 heterocycles. The summed E-state index contributed by atoms with van der Waals surface area (Å²) in [5, 5.41) is 18.4. The lowest BCUT2D eigenvalue weighted by molar-refractivity contribution is -0.115. The van der Waals surface area contributed by atoms with Gasteiger partial charge in [0.1, 0.15) is 16.4 Å². The van der Waals surface area contributed by atoms with Crippen LogP contribution in [0, 0.1) is 0 Å². The number of aromatic nitrogens is 2. The third kappa shape index (κ3) is 7.33. The Morgan fingerprint density at radius 2 is 1.76 bits per heavy atom. The number of methoxy groups -OCH3 is 2. The van der Waals surface area contributed by atoms with Gasteiger partial charge in [0.2, 0.25) is 15.9 Å². The molecular formula is C27H26ClN5O7S. The summed E-state index contributed by atoms with van der Waals surface area (Å²) in [6.07, 6.45) is 1.23. The van der Waals surface area contributed by atoms with Crippen molar-refractivity contribution in [3.05, 3.63) is 89.2 Å². The maximum atomic E-state index is 13.6. The minimum Gasteiger partial charge on any atom is -0.497 e. The molecule has 0 fully saturated rings. The highest BCUT2D eigenvalue weighted by Gasteiger charge is 2.23. The number of carboxylic acid groups (broad SMARTS) is 1. The van der Waals surface area contributed by atoms with Gasteiger partial charge in [0.05, 0.1) is 44.4 Å². The van der Waals surface area contributed by atoms with Gasteiger partial charge in [-0.15, -0.1) is 0 Å². The number of anilines is 2. The van der Waals surface area contributed by atoms with Crippen LogP contribution in [-0.2, 0) is 27.8 Å². The summed E-state index contributed by atoms with van der Waals surface area (Å²) in [4.78, 5) is 23.6. The average Bonchev–Trinajstić information content (AvgIpc) is 3.40. The first-order valence-electron chi connectivity index (χ1n) is 12.0. The highest BCUT2D eigenvalue weighted by atomic mass is 35.5. The molecule has 4 N–H and O–H groups in total. The van der Waals surface area contributed by atoms with Crippen molar-refractivity contribution in [2.24, 2.45) is 0 Å². The number of rotatable bonds is 11. The normalized spacial score (nSPS) is 11.1. The van der Waals surface area contributed by atoms with Crippen molar-refractivity contribution in [2.45, 2.75) is 17.9 Å². The van der Waals surface area contributed by atoms with Gasteiger partial charge in [0, 0.05) is 28.9 Å². The number of ether oxygens (including phenoxy) is 2. The molecule has 12 nitrogen and oxygen atoms in total. The van der Waals surface area contributed by atoms with Gasteiger partial charge in [-0.1, -0.05) is 35.9 Å². The molecule has 0 radical (unpaired) electrons. The lowest BCUT2D eigenvalue weighted by Gasteiger charge is -2.15. The van der Waals surface area contributed by atoms with Crippen LogP contribution in [0.3, 0.4) is 0 Å². The van der Waals surface area contributed by atoms with Crippen molar-refractivity contribution in [2.75, 3.05) is 24.9 Å². The summed E-state index contributed by atoms with van der Waals surface area (Å²) in [5.41, 5.74) is 1.62. The number of benzene rings is 3. The summed E-state index contributed by atoms with van der Waals surface area (Å²) < 4.78 is 41.6. The number of sulfonamides is 1. The summed E-state index contributed by atoms with van der Waals surface area (Å²) in [5.74, 6) is 0.557. The van der Waals surface area contributed by atoms with E-state index in [1.165, 1.54) is 49.5 Å². The molecule has 0 spiro atoms. The molecular weight excluding hydrogens is 574 g/mol. The van der Waals surface area contributed by atoms with E-state index < -0.39 is 22.0 Å². The van der Waals surface area contributed by atoms with Gasteiger partial charge < -0.3 is 19.9 Å². The topological polar surface area (TPSA) is 161 Å². The Bertz CT molecular complexity index is 1690. The maximum absolute atomic E-state index is 13.6. The second-order valence-corrected chi connectivity index (χ2v) is 10.7. The number of carbonyl (C=O) groups is 2. The highest BCUT2D eigenvalue weighted by Crippen LogP contribution is 2.28. The van der Waals surface area contributed by atoms with Crippen molar-refractivity contribution >= 4 is 45.0 Å². The SMILES string of the molecule is COc1ccc(CNS(=O)(=O)c2cc(NC(=O)Cc3ccccc3Cl)ccc2-n2cc(NC(=O)O)cn2)c(OC)c1. The minimum atomic E-state index is -4.22. The number of nitrogens with zero attached hydrogens (tertiary/aromatic N) is 2. The zero-order chi connectivity index (χ0) is 29.6. The number of carbonyl (C=O) groups excluding carboxylic acids is 1. The van der Waals surface area contributed by atoms with Gasteiger partial charge in [-0.2, -0.15) is 5.10 Å². The lowest BCUT2D eigenvalue weighted by Crippen LogP contribution is -2.25. The second-order valence-electron chi connectivity index (χ2n) is 8.60. The van der Waals surface area contributed by atoms with E-state index in [1.807, 2.05) is 0 Å². The number of nitrogens with one attached hydrogen (secondary N) is 3. The Morgan fingerprint density at radius 3 is 2.46 bits per heavy atom. The molecule has 0 unspecified atom stereocenters. The van der Waals surface area contributed by atoms with Gasteiger partial charge in [-0.05, 0) is 35.9 Å². The summed E-state index contributed by atoms with van der Waals surface area (Å²) in [6.45, 7) is -0.122. The van der Waals surface area contributed by atoms with Crippen LogP contribution in [-0.4, -0.2) is 49.5 Å². The molecule has 0 bridgehead atoms. The van der Waals surface area contributed by atoms with Crippen LogP contribution in [0.1, 0.15) is 11.1 Å². The number of halogens is 1. The Morgan fingerprint density at radius 1 is 0.976 bits per heavy atom. The first-order valence-corrected chi connectivity index (χ1v) is 13.9. The van der Waals surface area contributed by atoms with E-state index >= 15 is 0 Å². The molecule has 4 rings (SSSR count). The zero-order valence-corrected chi connectivity index (χ0v) is 23.5. The fraction of sp³-hybridized carbons (Fsp3) is 0.148. The lowest BCUT2D eigenvalue weighted by atomic mass is 10.1. The van der Waals surface area contributed by atoms with E-state index in [1.54, 1.807) is 42.5 Å². The molecule has 0 atom stereocenters. The number of amides is 2. The van der Waals surface area contributed by atoms with Crippen LogP contribution in [0.15, 0.2) is 78.0 Å². The molecule has 41 heavy (non-hydrogen) atoms. The zero-order valence-electron chi connectivity index (χ0n) is 21.9. The van der Waals surface area contributed by atoms with Gasteiger partial charge in [-0.3, -0.25) is 10.1 Å². The van der Waals surface area contributed by atoms with E-state index in [-0.39, 0.29) is 34.9 Å². The summed E-state index contributed by atoms with van der Waals surface area (Å²) >= 11 is 6.17. The van der Waals surface area contributed by atoms with Crippen molar-refractivity contribution in [1.29, 1.82) is 0 Å². The van der Waals surface area contributed by atoms with Gasteiger partial charge in [0.15, 0.2) is 0 Å². The first-order chi connectivity index (χ1) is 19.6. The predicted octanol–water partition coefficient (Wildman–Crippen LogP) is 4.29. The van der Waals surface area contributed by atoms with Gasteiger partial charge >= 0.3 is 6.09 Å². The average molecular weight is 600 g/mol. The Kier molecular flexibility index (Phi) is 9.12. The van der Waals surface area contributed by atoms with Crippen LogP contribution >= 0.6 is 11.6 Å². The molecule has 0 saturated heterocycles. The number of hydrogen-bond donors (Lipinski definition) is 4. The smallest absolute Gasteiger partial charge is 0.409 e. The summed E-state index contributed by atoms with van der Waals surface area (Å²) in [7, 11) is -1.26. The highest BCUT2D eigenvalue weighted by molar-refractivity contribution is 7.89. The number of hydrogen-bond acceptors (Lipinski definition) is 7. The van der Waals surface area contributed by atoms with E-state index in [4.69, 9.17) is 26.2 Å². The summed E-state index contributed by atoms with van der Waals surface area (Å²) in [6, 6.07) is 16.1. The van der Waals surface area contributed by atoms with E-state index in [9.17, 15) is 18.0 Å². The maximum Gasteiger partial charge on any atom is 0.409 e. The van der Waals surface area contributed by atoms with Crippen molar-refractivity contribution in [1.82, 2.24) is 14.5 Å². The van der Waals surface area contributed by atoms with Crippen LogP contribution in [0.4, 0.5) is 16.2 Å². The third-order valence-electron chi connectivity index (χ3n) is 5.87. The predicted molar refractivity (Wildman–Crippen MR) is 153 cm³/mol. The minimum absolute atomic E-state index is 0.0254. The van der Waals surface area contributed by atoms with Gasteiger partial charge in [-0.25, -0.2) is 22.6 Å². The fourth-order valence-electron chi connectivity index (χ4n) is 3.91. The van der Waals surface area contributed by atoms with E-state index in [0.29, 0.717) is 27.6 Å². The van der Waals surface area contributed by atoms with Gasteiger partial charge in [0.25, 0.3) is 0 Å². The van der Waals surface area contributed by atoms with Crippen LogP contribution < -0.4 is 24.8 Å². The molecule has 2 amide bonds. The van der Waals surface area contributed by atoms with Crippen molar-refractivity contribution < 1.29 is 32.6 Å². The van der Waals surface area contributed by atoms with Crippen molar-refractivity contribution in [3.63, 3.8) is 0 Å². The third-order valence-corrected chi connectivity index (χ3v) is 7.67. The molecule has 14 heteroatoms. The molecule has 0 aliphatic carbocycles.